The van der Waals surface area contributed by atoms with E-state index in [0.717, 1.165) is 47.4 Å². The van der Waals surface area contributed by atoms with Gasteiger partial charge in [-0.1, -0.05) is 47.8 Å². The van der Waals surface area contributed by atoms with Gasteiger partial charge in [0.05, 0.1) is 16.7 Å². The SMILES string of the molecule is Brc1ccc2c(c1)C1Oc3ccc(Br)cc3C3Oc4ccc(Br)cc4C(O2)N13. The summed E-state index contributed by atoms with van der Waals surface area (Å²) in [6.07, 6.45) is -0.925. The molecule has 6 rings (SSSR count). The smallest absolute Gasteiger partial charge is 0.188 e. The molecule has 3 aromatic carbocycles. The highest BCUT2D eigenvalue weighted by Crippen LogP contribution is 2.56. The highest BCUT2D eigenvalue weighted by molar-refractivity contribution is 9.11. The van der Waals surface area contributed by atoms with Crippen LogP contribution in [0.25, 0.3) is 0 Å². The third kappa shape index (κ3) is 2.49. The maximum absolute atomic E-state index is 6.47. The van der Waals surface area contributed by atoms with Crippen LogP contribution >= 0.6 is 47.8 Å². The molecule has 0 bridgehead atoms. The molecule has 0 spiro atoms. The highest BCUT2D eigenvalue weighted by atomic mass is 79.9. The number of halogens is 3. The predicted octanol–water partition coefficient (Wildman–Crippen LogP) is 6.85. The molecule has 0 radical (unpaired) electrons. The van der Waals surface area contributed by atoms with Gasteiger partial charge in [0.2, 0.25) is 0 Å². The normalized spacial score (nSPS) is 23.9. The molecule has 0 amide bonds. The molecule has 7 heteroatoms. The molecule has 0 N–H and O–H groups in total. The van der Waals surface area contributed by atoms with Crippen molar-refractivity contribution in [1.29, 1.82) is 0 Å². The molecule has 0 saturated carbocycles. The summed E-state index contributed by atoms with van der Waals surface area (Å²) < 4.78 is 22.3. The first-order chi connectivity index (χ1) is 13.6. The van der Waals surface area contributed by atoms with Gasteiger partial charge in [-0.15, -0.1) is 0 Å². The number of ether oxygens (including phenoxy) is 3. The summed E-state index contributed by atoms with van der Waals surface area (Å²) >= 11 is 10.7. The van der Waals surface area contributed by atoms with E-state index in [-0.39, 0.29) is 18.7 Å². The zero-order valence-corrected chi connectivity index (χ0v) is 19.0. The molecule has 0 aromatic heterocycles. The van der Waals surface area contributed by atoms with Crippen molar-refractivity contribution in [2.45, 2.75) is 18.7 Å². The summed E-state index contributed by atoms with van der Waals surface area (Å²) in [6, 6.07) is 18.1. The largest absolute Gasteiger partial charge is 0.470 e. The molecule has 3 atom stereocenters. The van der Waals surface area contributed by atoms with Crippen LogP contribution in [0, 0.1) is 0 Å². The minimum atomic E-state index is -0.308. The topological polar surface area (TPSA) is 30.9 Å². The maximum atomic E-state index is 6.47. The van der Waals surface area contributed by atoms with Gasteiger partial charge < -0.3 is 14.2 Å². The Morgan fingerprint density at radius 2 is 0.857 bits per heavy atom. The Morgan fingerprint density at radius 1 is 0.536 bits per heavy atom. The Labute approximate surface area is 186 Å². The van der Waals surface area contributed by atoms with Gasteiger partial charge >= 0.3 is 0 Å². The standard InChI is InChI=1S/C21H12Br3NO3/c22-10-1-4-16-13(7-10)19-25-20(26-16)14-8-11(23)2-5-17(14)28-21(25)15-9-12(24)3-6-18(15)27-19/h1-9,19-21H. The first kappa shape index (κ1) is 17.3. The number of benzene rings is 3. The van der Waals surface area contributed by atoms with Crippen LogP contribution in [0.15, 0.2) is 68.0 Å². The van der Waals surface area contributed by atoms with Crippen LogP contribution in [0.4, 0.5) is 0 Å². The summed E-state index contributed by atoms with van der Waals surface area (Å²) in [4.78, 5) is 2.15. The van der Waals surface area contributed by atoms with Crippen molar-refractivity contribution in [3.8, 4) is 17.2 Å². The molecule has 3 heterocycles. The van der Waals surface area contributed by atoms with Crippen molar-refractivity contribution in [2.24, 2.45) is 0 Å². The lowest BCUT2D eigenvalue weighted by Crippen LogP contribution is -2.50. The Balaban J connectivity index is 1.61. The van der Waals surface area contributed by atoms with Gasteiger partial charge in [-0.05, 0) is 54.6 Å². The summed E-state index contributed by atoms with van der Waals surface area (Å²) in [5.74, 6) is 2.46. The zero-order valence-electron chi connectivity index (χ0n) is 14.2. The molecule has 140 valence electrons. The molecule has 3 unspecified atom stereocenters. The monoisotopic (exact) mass is 563 g/mol. The van der Waals surface area contributed by atoms with Crippen LogP contribution in [0.5, 0.6) is 17.2 Å². The molecule has 28 heavy (non-hydrogen) atoms. The van der Waals surface area contributed by atoms with E-state index in [9.17, 15) is 0 Å². The van der Waals surface area contributed by atoms with Crippen LogP contribution in [-0.4, -0.2) is 4.90 Å². The highest BCUT2D eigenvalue weighted by Gasteiger charge is 2.51. The minimum absolute atomic E-state index is 0.308. The van der Waals surface area contributed by atoms with Crippen molar-refractivity contribution in [3.63, 3.8) is 0 Å². The number of hydrogen-bond donors (Lipinski definition) is 0. The third-order valence-corrected chi connectivity index (χ3v) is 6.72. The lowest BCUT2D eigenvalue weighted by atomic mass is 9.99. The second-order valence-electron chi connectivity index (χ2n) is 6.90. The van der Waals surface area contributed by atoms with Gasteiger partial charge in [-0.25, -0.2) is 0 Å². The lowest BCUT2D eigenvalue weighted by molar-refractivity contribution is -0.202. The summed E-state index contributed by atoms with van der Waals surface area (Å²) in [7, 11) is 0. The van der Waals surface area contributed by atoms with Crippen LogP contribution in [0.3, 0.4) is 0 Å². The molecule has 4 nitrogen and oxygen atoms in total. The molecule has 0 aliphatic carbocycles. The number of fused-ring (bicyclic) bond motifs is 6. The van der Waals surface area contributed by atoms with E-state index in [0.29, 0.717) is 0 Å². The van der Waals surface area contributed by atoms with Crippen molar-refractivity contribution < 1.29 is 14.2 Å². The molecule has 3 aromatic rings. The molecule has 3 aliphatic heterocycles. The second-order valence-corrected chi connectivity index (χ2v) is 9.65. The molecule has 0 saturated heterocycles. The fraction of sp³-hybridized carbons (Fsp3) is 0.143. The van der Waals surface area contributed by atoms with Gasteiger partial charge in [-0.3, -0.25) is 0 Å². The quantitative estimate of drug-likeness (QED) is 0.298. The summed E-state index contributed by atoms with van der Waals surface area (Å²) in [6.45, 7) is 0. The summed E-state index contributed by atoms with van der Waals surface area (Å²) in [5.41, 5.74) is 2.93. The number of hydrogen-bond acceptors (Lipinski definition) is 4. The van der Waals surface area contributed by atoms with E-state index in [4.69, 9.17) is 14.2 Å². The predicted molar refractivity (Wildman–Crippen MR) is 114 cm³/mol. The minimum Gasteiger partial charge on any atom is -0.470 e. The van der Waals surface area contributed by atoms with Crippen LogP contribution in [0.2, 0.25) is 0 Å². The van der Waals surface area contributed by atoms with Crippen LogP contribution in [-0.2, 0) is 0 Å². The second kappa shape index (κ2) is 6.23. The van der Waals surface area contributed by atoms with Crippen molar-refractivity contribution in [1.82, 2.24) is 4.90 Å². The average molecular weight is 566 g/mol. The first-order valence-electron chi connectivity index (χ1n) is 8.74. The van der Waals surface area contributed by atoms with Crippen molar-refractivity contribution in [2.75, 3.05) is 0 Å². The van der Waals surface area contributed by atoms with Crippen molar-refractivity contribution in [3.05, 3.63) is 84.7 Å². The molecular formula is C21H12Br3NO3. The van der Waals surface area contributed by atoms with E-state index in [1.807, 2.05) is 54.6 Å². The fourth-order valence-corrected chi connectivity index (χ4v) is 5.18. The van der Waals surface area contributed by atoms with E-state index < -0.39 is 0 Å². The first-order valence-corrected chi connectivity index (χ1v) is 11.1. The Bertz CT molecular complexity index is 994. The van der Waals surface area contributed by atoms with Crippen LogP contribution < -0.4 is 14.2 Å². The van der Waals surface area contributed by atoms with Gasteiger partial charge in [-0.2, -0.15) is 4.90 Å². The Kier molecular flexibility index (Phi) is 3.85. The molecule has 3 aliphatic rings. The van der Waals surface area contributed by atoms with Gasteiger partial charge in [0.1, 0.15) is 17.2 Å². The lowest BCUT2D eigenvalue weighted by Gasteiger charge is -2.51. The Morgan fingerprint density at radius 3 is 1.18 bits per heavy atom. The number of rotatable bonds is 0. The van der Waals surface area contributed by atoms with E-state index in [1.54, 1.807) is 0 Å². The van der Waals surface area contributed by atoms with E-state index in [2.05, 4.69) is 52.7 Å². The fourth-order valence-electron chi connectivity index (χ4n) is 4.04. The van der Waals surface area contributed by atoms with Crippen LogP contribution in [0.1, 0.15) is 35.4 Å². The molecule has 0 fully saturated rings. The van der Waals surface area contributed by atoms with Crippen molar-refractivity contribution >= 4 is 47.8 Å². The van der Waals surface area contributed by atoms with Gasteiger partial charge in [0, 0.05) is 13.4 Å². The summed E-state index contributed by atoms with van der Waals surface area (Å²) in [5, 5.41) is 0. The van der Waals surface area contributed by atoms with Gasteiger partial charge in [0.15, 0.2) is 18.7 Å². The third-order valence-electron chi connectivity index (χ3n) is 5.24. The molecular weight excluding hydrogens is 554 g/mol. The van der Waals surface area contributed by atoms with E-state index >= 15 is 0 Å². The average Bonchev–Trinajstić information content (AvgIpc) is 2.69. The zero-order chi connectivity index (χ0) is 19.0. The number of nitrogens with zero attached hydrogens (tertiary/aromatic N) is 1. The Hall–Kier alpha value is -1.54. The van der Waals surface area contributed by atoms with E-state index in [1.165, 1.54) is 0 Å². The van der Waals surface area contributed by atoms with Gasteiger partial charge in [0.25, 0.3) is 0 Å². The maximum Gasteiger partial charge on any atom is 0.188 e.